The highest BCUT2D eigenvalue weighted by molar-refractivity contribution is 5.77. The summed E-state index contributed by atoms with van der Waals surface area (Å²) in [5.74, 6) is 0.0892. The minimum Gasteiger partial charge on any atom is -0.371 e. The van der Waals surface area contributed by atoms with Crippen LogP contribution in [-0.4, -0.2) is 19.1 Å². The first-order valence-electron chi connectivity index (χ1n) is 9.87. The number of hydrogen-bond donors (Lipinski definition) is 1. The van der Waals surface area contributed by atoms with Gasteiger partial charge in [0.1, 0.15) is 6.10 Å². The van der Waals surface area contributed by atoms with Gasteiger partial charge in [-0.1, -0.05) is 84.9 Å². The molecule has 0 radical (unpaired) electrons. The topological polar surface area (TPSA) is 38.3 Å². The Morgan fingerprint density at radius 1 is 0.893 bits per heavy atom. The number of carbonyl (C=O) groups is 1. The van der Waals surface area contributed by atoms with Crippen molar-refractivity contribution in [3.05, 3.63) is 107 Å². The lowest BCUT2D eigenvalue weighted by Crippen LogP contribution is -2.32. The third-order valence-electron chi connectivity index (χ3n) is 5.37. The normalized spacial score (nSPS) is 15.8. The van der Waals surface area contributed by atoms with E-state index in [1.54, 1.807) is 0 Å². The molecule has 1 aliphatic heterocycles. The Hall–Kier alpha value is -2.91. The lowest BCUT2D eigenvalue weighted by atomic mass is 9.88. The van der Waals surface area contributed by atoms with Gasteiger partial charge in [-0.2, -0.15) is 0 Å². The Bertz CT molecular complexity index is 869. The van der Waals surface area contributed by atoms with Crippen LogP contribution in [0.5, 0.6) is 0 Å². The first-order chi connectivity index (χ1) is 13.8. The second-order valence-electron chi connectivity index (χ2n) is 7.19. The van der Waals surface area contributed by atoms with Crippen molar-refractivity contribution < 1.29 is 9.53 Å². The molecule has 0 saturated carbocycles. The van der Waals surface area contributed by atoms with E-state index in [4.69, 9.17) is 4.74 Å². The van der Waals surface area contributed by atoms with Gasteiger partial charge in [-0.25, -0.2) is 0 Å². The third-order valence-corrected chi connectivity index (χ3v) is 5.37. The van der Waals surface area contributed by atoms with Crippen molar-refractivity contribution in [3.63, 3.8) is 0 Å². The molecule has 3 heteroatoms. The number of amides is 1. The molecule has 1 unspecified atom stereocenters. The van der Waals surface area contributed by atoms with Gasteiger partial charge in [-0.3, -0.25) is 4.79 Å². The number of hydrogen-bond acceptors (Lipinski definition) is 2. The molecule has 1 heterocycles. The van der Waals surface area contributed by atoms with Gasteiger partial charge in [0.15, 0.2) is 0 Å². The highest BCUT2D eigenvalue weighted by atomic mass is 16.5. The first kappa shape index (κ1) is 18.5. The molecule has 1 atom stereocenters. The highest BCUT2D eigenvalue weighted by Crippen LogP contribution is 2.29. The zero-order chi connectivity index (χ0) is 19.2. The lowest BCUT2D eigenvalue weighted by Gasteiger charge is -2.26. The Morgan fingerprint density at radius 3 is 2.18 bits per heavy atom. The van der Waals surface area contributed by atoms with Gasteiger partial charge in [-0.05, 0) is 28.7 Å². The molecule has 28 heavy (non-hydrogen) atoms. The van der Waals surface area contributed by atoms with E-state index in [9.17, 15) is 4.79 Å². The molecule has 0 bridgehead atoms. The minimum atomic E-state index is -0.0687. The van der Waals surface area contributed by atoms with Gasteiger partial charge < -0.3 is 10.1 Å². The predicted octanol–water partition coefficient (Wildman–Crippen LogP) is 4.64. The van der Waals surface area contributed by atoms with Crippen molar-refractivity contribution >= 4 is 5.91 Å². The number of ether oxygens (including phenoxy) is 1. The van der Waals surface area contributed by atoms with E-state index in [1.165, 1.54) is 11.1 Å². The summed E-state index contributed by atoms with van der Waals surface area (Å²) in [6, 6.07) is 28.8. The maximum atomic E-state index is 12.8. The van der Waals surface area contributed by atoms with Crippen LogP contribution >= 0.6 is 0 Å². The summed E-state index contributed by atoms with van der Waals surface area (Å²) in [4.78, 5) is 12.8. The fourth-order valence-corrected chi connectivity index (χ4v) is 3.91. The molecule has 3 aromatic rings. The number of fused-ring (bicyclic) bond motifs is 1. The van der Waals surface area contributed by atoms with Gasteiger partial charge in [0.05, 0.1) is 6.61 Å². The van der Waals surface area contributed by atoms with Crippen molar-refractivity contribution in [3.8, 4) is 0 Å². The molecule has 1 aliphatic rings. The maximum Gasteiger partial charge on any atom is 0.221 e. The molecule has 1 N–H and O–H groups in total. The van der Waals surface area contributed by atoms with E-state index in [0.717, 1.165) is 17.5 Å². The second-order valence-corrected chi connectivity index (χ2v) is 7.19. The maximum absolute atomic E-state index is 12.8. The molecular weight excluding hydrogens is 346 g/mol. The Labute approximate surface area is 166 Å². The zero-order valence-electron chi connectivity index (χ0n) is 15.9. The van der Waals surface area contributed by atoms with Gasteiger partial charge in [0.2, 0.25) is 5.91 Å². The Morgan fingerprint density at radius 2 is 1.50 bits per heavy atom. The van der Waals surface area contributed by atoms with Crippen LogP contribution in [-0.2, 0) is 16.0 Å². The summed E-state index contributed by atoms with van der Waals surface area (Å²) in [6.45, 7) is 1.21. The van der Waals surface area contributed by atoms with E-state index in [-0.39, 0.29) is 17.9 Å². The van der Waals surface area contributed by atoms with Crippen molar-refractivity contribution in [1.82, 2.24) is 5.32 Å². The van der Waals surface area contributed by atoms with Crippen LogP contribution in [0.1, 0.15) is 40.7 Å². The summed E-state index contributed by atoms with van der Waals surface area (Å²) in [6.07, 6.45) is 1.29. The lowest BCUT2D eigenvalue weighted by molar-refractivity contribution is -0.122. The van der Waals surface area contributed by atoms with Crippen LogP contribution in [0.2, 0.25) is 0 Å². The van der Waals surface area contributed by atoms with Crippen molar-refractivity contribution in [2.75, 3.05) is 13.2 Å². The van der Waals surface area contributed by atoms with E-state index in [0.29, 0.717) is 19.6 Å². The monoisotopic (exact) mass is 371 g/mol. The van der Waals surface area contributed by atoms with Gasteiger partial charge >= 0.3 is 0 Å². The van der Waals surface area contributed by atoms with E-state index >= 15 is 0 Å². The van der Waals surface area contributed by atoms with Crippen molar-refractivity contribution in [1.29, 1.82) is 0 Å². The summed E-state index contributed by atoms with van der Waals surface area (Å²) in [7, 11) is 0. The molecule has 0 fully saturated rings. The van der Waals surface area contributed by atoms with E-state index in [1.807, 2.05) is 42.5 Å². The number of rotatable bonds is 6. The van der Waals surface area contributed by atoms with Crippen LogP contribution < -0.4 is 5.32 Å². The molecule has 1 amide bonds. The summed E-state index contributed by atoms with van der Waals surface area (Å²) in [5, 5.41) is 3.10. The quantitative estimate of drug-likeness (QED) is 0.686. The van der Waals surface area contributed by atoms with E-state index < -0.39 is 0 Å². The molecule has 0 aromatic heterocycles. The smallest absolute Gasteiger partial charge is 0.221 e. The van der Waals surface area contributed by atoms with Crippen LogP contribution in [0, 0.1) is 0 Å². The molecule has 0 aliphatic carbocycles. The number of carbonyl (C=O) groups excluding carboxylic acids is 1. The number of benzene rings is 3. The van der Waals surface area contributed by atoms with Crippen LogP contribution in [0.15, 0.2) is 84.9 Å². The predicted molar refractivity (Wildman–Crippen MR) is 111 cm³/mol. The Balaban J connectivity index is 1.44. The van der Waals surface area contributed by atoms with Crippen LogP contribution in [0.25, 0.3) is 0 Å². The molecule has 142 valence electrons. The Kier molecular flexibility index (Phi) is 5.83. The summed E-state index contributed by atoms with van der Waals surface area (Å²) >= 11 is 0. The fourth-order valence-electron chi connectivity index (χ4n) is 3.91. The second kappa shape index (κ2) is 8.85. The minimum absolute atomic E-state index is 0.0435. The molecule has 3 nitrogen and oxygen atoms in total. The highest BCUT2D eigenvalue weighted by Gasteiger charge is 2.22. The standard InChI is InChI=1S/C25H25NO2/c27-25(26-18-24-22-14-8-7-13-21(22)15-16-28-24)17-23(19-9-3-1-4-10-19)20-11-5-2-6-12-20/h1-14,23-24H,15-18H2,(H,26,27). The fraction of sp³-hybridized carbons (Fsp3) is 0.240. The van der Waals surface area contributed by atoms with Crippen LogP contribution in [0.4, 0.5) is 0 Å². The number of nitrogens with one attached hydrogen (secondary N) is 1. The largest absolute Gasteiger partial charge is 0.371 e. The first-order valence-corrected chi connectivity index (χ1v) is 9.87. The molecule has 3 aromatic carbocycles. The zero-order valence-corrected chi connectivity index (χ0v) is 15.9. The van der Waals surface area contributed by atoms with Crippen molar-refractivity contribution in [2.45, 2.75) is 24.9 Å². The molecule has 4 rings (SSSR count). The van der Waals surface area contributed by atoms with Gasteiger partial charge in [-0.15, -0.1) is 0 Å². The van der Waals surface area contributed by atoms with E-state index in [2.05, 4.69) is 47.8 Å². The molecule has 0 spiro atoms. The SMILES string of the molecule is O=C(CC(c1ccccc1)c1ccccc1)NCC1OCCc2ccccc21. The third kappa shape index (κ3) is 4.32. The van der Waals surface area contributed by atoms with Crippen molar-refractivity contribution in [2.24, 2.45) is 0 Å². The molecule has 0 saturated heterocycles. The average molecular weight is 371 g/mol. The van der Waals surface area contributed by atoms with Crippen LogP contribution in [0.3, 0.4) is 0 Å². The average Bonchev–Trinajstić information content (AvgIpc) is 2.77. The summed E-state index contributed by atoms with van der Waals surface area (Å²) < 4.78 is 5.91. The molecular formula is C25H25NO2. The van der Waals surface area contributed by atoms with Gasteiger partial charge in [0.25, 0.3) is 0 Å². The van der Waals surface area contributed by atoms with Gasteiger partial charge in [0, 0.05) is 18.9 Å². The summed E-state index contributed by atoms with van der Waals surface area (Å²) in [5.41, 5.74) is 4.82.